The van der Waals surface area contributed by atoms with E-state index in [2.05, 4.69) is 13.5 Å². The summed E-state index contributed by atoms with van der Waals surface area (Å²) in [6, 6.07) is 0. The van der Waals surface area contributed by atoms with Gasteiger partial charge in [0.2, 0.25) is 5.91 Å². The van der Waals surface area contributed by atoms with Crippen LogP contribution in [0.25, 0.3) is 0 Å². The second-order valence-corrected chi connectivity index (χ2v) is 4.86. The lowest BCUT2D eigenvalue weighted by atomic mass is 9.66. The van der Waals surface area contributed by atoms with Crippen LogP contribution in [0, 0.1) is 5.41 Å². The van der Waals surface area contributed by atoms with E-state index < -0.39 is 0 Å². The van der Waals surface area contributed by atoms with E-state index in [1.54, 1.807) is 6.08 Å². The molecule has 0 atom stereocenters. The van der Waals surface area contributed by atoms with Crippen molar-refractivity contribution in [3.63, 3.8) is 0 Å². The fourth-order valence-corrected chi connectivity index (χ4v) is 2.31. The van der Waals surface area contributed by atoms with Crippen molar-refractivity contribution in [1.82, 2.24) is 4.90 Å². The van der Waals surface area contributed by atoms with Crippen molar-refractivity contribution >= 4 is 5.91 Å². The number of hydrogen-bond donors (Lipinski definition) is 1. The Morgan fingerprint density at radius 2 is 2.25 bits per heavy atom. The molecule has 0 heterocycles. The Labute approximate surface area is 98.7 Å². The molecule has 0 aliphatic heterocycles. The van der Waals surface area contributed by atoms with E-state index in [0.717, 1.165) is 25.8 Å². The molecule has 1 aliphatic rings. The van der Waals surface area contributed by atoms with Crippen molar-refractivity contribution < 1.29 is 4.79 Å². The van der Waals surface area contributed by atoms with Gasteiger partial charge in [0.15, 0.2) is 0 Å². The lowest BCUT2D eigenvalue weighted by Crippen LogP contribution is -2.43. The maximum atomic E-state index is 12.1. The molecule has 1 aliphatic carbocycles. The lowest BCUT2D eigenvalue weighted by molar-refractivity contribution is -0.134. The second-order valence-electron chi connectivity index (χ2n) is 4.86. The molecule has 3 nitrogen and oxygen atoms in total. The second kappa shape index (κ2) is 6.04. The van der Waals surface area contributed by atoms with Crippen LogP contribution in [0.1, 0.15) is 39.0 Å². The van der Waals surface area contributed by atoms with E-state index in [0.29, 0.717) is 19.5 Å². The summed E-state index contributed by atoms with van der Waals surface area (Å²) in [7, 11) is 0. The summed E-state index contributed by atoms with van der Waals surface area (Å²) in [6.07, 6.45) is 6.86. The van der Waals surface area contributed by atoms with Gasteiger partial charge in [-0.05, 0) is 31.2 Å². The van der Waals surface area contributed by atoms with Gasteiger partial charge in [0.25, 0.3) is 0 Å². The van der Waals surface area contributed by atoms with Crippen LogP contribution < -0.4 is 5.73 Å². The monoisotopic (exact) mass is 224 g/mol. The smallest absolute Gasteiger partial charge is 0.223 e. The van der Waals surface area contributed by atoms with E-state index in [1.165, 1.54) is 6.42 Å². The molecule has 1 fully saturated rings. The fourth-order valence-electron chi connectivity index (χ4n) is 2.31. The summed E-state index contributed by atoms with van der Waals surface area (Å²) in [5, 5.41) is 0. The minimum Gasteiger partial charge on any atom is -0.339 e. The number of nitrogens with two attached hydrogens (primary N) is 1. The zero-order chi connectivity index (χ0) is 12.0. The number of rotatable bonds is 7. The lowest BCUT2D eigenvalue weighted by Gasteiger charge is -2.41. The molecule has 0 aromatic rings. The maximum Gasteiger partial charge on any atom is 0.223 e. The topological polar surface area (TPSA) is 46.3 Å². The largest absolute Gasteiger partial charge is 0.339 e. The summed E-state index contributed by atoms with van der Waals surface area (Å²) in [4.78, 5) is 14.0. The van der Waals surface area contributed by atoms with Crippen molar-refractivity contribution in [1.29, 1.82) is 0 Å². The Kier molecular flexibility index (Phi) is 5.00. The molecule has 1 rings (SSSR count). The molecular formula is C13H24N2O. The molecule has 3 heteroatoms. The van der Waals surface area contributed by atoms with Gasteiger partial charge in [-0.1, -0.05) is 19.4 Å². The highest BCUT2D eigenvalue weighted by Gasteiger charge is 2.38. The summed E-state index contributed by atoms with van der Waals surface area (Å²) >= 11 is 0. The van der Waals surface area contributed by atoms with Crippen LogP contribution in [-0.4, -0.2) is 30.4 Å². The van der Waals surface area contributed by atoms with Gasteiger partial charge in [0, 0.05) is 19.5 Å². The van der Waals surface area contributed by atoms with Crippen molar-refractivity contribution in [3.05, 3.63) is 12.7 Å². The summed E-state index contributed by atoms with van der Waals surface area (Å²) in [5.74, 6) is 0.243. The highest BCUT2D eigenvalue weighted by Crippen LogP contribution is 2.43. The number of nitrogens with zero attached hydrogens (tertiary/aromatic N) is 1. The number of carbonyl (C=O) groups excluding carboxylic acids is 1. The number of amides is 1. The van der Waals surface area contributed by atoms with Crippen LogP contribution >= 0.6 is 0 Å². The van der Waals surface area contributed by atoms with Crippen LogP contribution in [0.3, 0.4) is 0 Å². The molecule has 0 aromatic carbocycles. The maximum absolute atomic E-state index is 12.1. The van der Waals surface area contributed by atoms with E-state index in [1.807, 2.05) is 4.90 Å². The Morgan fingerprint density at radius 3 is 2.62 bits per heavy atom. The van der Waals surface area contributed by atoms with E-state index >= 15 is 0 Å². The van der Waals surface area contributed by atoms with Crippen molar-refractivity contribution in [2.75, 3.05) is 19.6 Å². The minimum absolute atomic E-state index is 0.115. The van der Waals surface area contributed by atoms with E-state index in [9.17, 15) is 4.79 Å². The third kappa shape index (κ3) is 3.08. The zero-order valence-electron chi connectivity index (χ0n) is 10.4. The highest BCUT2D eigenvalue weighted by atomic mass is 16.2. The Hall–Kier alpha value is -0.830. The molecule has 0 spiro atoms. The third-order valence-corrected chi connectivity index (χ3v) is 3.57. The molecule has 0 unspecified atom stereocenters. The average Bonchev–Trinajstić information content (AvgIpc) is 2.23. The molecule has 1 amide bonds. The summed E-state index contributed by atoms with van der Waals surface area (Å²) in [5.41, 5.74) is 5.89. The van der Waals surface area contributed by atoms with Gasteiger partial charge >= 0.3 is 0 Å². The van der Waals surface area contributed by atoms with Crippen LogP contribution in [0.2, 0.25) is 0 Å². The average molecular weight is 224 g/mol. The van der Waals surface area contributed by atoms with Gasteiger partial charge in [-0.3, -0.25) is 4.79 Å². The predicted octanol–water partition coefficient (Wildman–Crippen LogP) is 1.93. The Morgan fingerprint density at radius 1 is 1.56 bits per heavy atom. The van der Waals surface area contributed by atoms with Gasteiger partial charge in [-0.2, -0.15) is 0 Å². The number of carbonyl (C=O) groups is 1. The van der Waals surface area contributed by atoms with Gasteiger partial charge in [-0.15, -0.1) is 6.58 Å². The van der Waals surface area contributed by atoms with Crippen molar-refractivity contribution in [3.8, 4) is 0 Å². The standard InChI is InChI=1S/C13H24N2O/c1-3-8-15(9-4-2)12(16)10-13(11-14)6-5-7-13/h3H,1,4-11,14H2,2H3. The number of hydrogen-bond acceptors (Lipinski definition) is 2. The SMILES string of the molecule is C=CCN(CCC)C(=O)CC1(CN)CCC1. The molecule has 92 valence electrons. The molecule has 0 bridgehead atoms. The first-order chi connectivity index (χ1) is 7.67. The first-order valence-electron chi connectivity index (χ1n) is 6.26. The van der Waals surface area contributed by atoms with Crippen molar-refractivity contribution in [2.24, 2.45) is 11.1 Å². The molecule has 1 saturated carbocycles. The Bertz CT molecular complexity index is 241. The summed E-state index contributed by atoms with van der Waals surface area (Å²) in [6.45, 7) is 7.92. The molecule has 16 heavy (non-hydrogen) atoms. The van der Waals surface area contributed by atoms with Crippen molar-refractivity contribution in [2.45, 2.75) is 39.0 Å². The molecule has 0 saturated heterocycles. The van der Waals surface area contributed by atoms with Gasteiger partial charge < -0.3 is 10.6 Å². The fraction of sp³-hybridized carbons (Fsp3) is 0.769. The molecule has 0 radical (unpaired) electrons. The first kappa shape index (κ1) is 13.2. The van der Waals surface area contributed by atoms with Gasteiger partial charge in [-0.25, -0.2) is 0 Å². The zero-order valence-corrected chi connectivity index (χ0v) is 10.4. The van der Waals surface area contributed by atoms with Gasteiger partial charge in [0.05, 0.1) is 0 Å². The van der Waals surface area contributed by atoms with Gasteiger partial charge in [0.1, 0.15) is 0 Å². The van der Waals surface area contributed by atoms with Crippen LogP contribution in [0.4, 0.5) is 0 Å². The normalized spacial score (nSPS) is 17.6. The van der Waals surface area contributed by atoms with E-state index in [-0.39, 0.29) is 11.3 Å². The summed E-state index contributed by atoms with van der Waals surface area (Å²) < 4.78 is 0. The van der Waals surface area contributed by atoms with Crippen LogP contribution in [0.15, 0.2) is 12.7 Å². The first-order valence-corrected chi connectivity index (χ1v) is 6.26. The third-order valence-electron chi connectivity index (χ3n) is 3.57. The Balaban J connectivity index is 2.50. The molecule has 0 aromatic heterocycles. The molecular weight excluding hydrogens is 200 g/mol. The highest BCUT2D eigenvalue weighted by molar-refractivity contribution is 5.77. The molecule has 2 N–H and O–H groups in total. The quantitative estimate of drug-likeness (QED) is 0.672. The minimum atomic E-state index is 0.115. The van der Waals surface area contributed by atoms with E-state index in [4.69, 9.17) is 5.73 Å². The predicted molar refractivity (Wildman–Crippen MR) is 67.0 cm³/mol. The van der Waals surface area contributed by atoms with Crippen LogP contribution in [-0.2, 0) is 4.79 Å². The van der Waals surface area contributed by atoms with Crippen LogP contribution in [0.5, 0.6) is 0 Å².